The van der Waals surface area contributed by atoms with Crippen molar-refractivity contribution in [1.82, 2.24) is 14.5 Å². The molecule has 0 bridgehead atoms. The van der Waals surface area contributed by atoms with Crippen molar-refractivity contribution in [2.24, 2.45) is 0 Å². The number of hydrogen-bond acceptors (Lipinski definition) is 4. The predicted octanol–water partition coefficient (Wildman–Crippen LogP) is 2.66. The molecule has 0 unspecified atom stereocenters. The fourth-order valence-electron chi connectivity index (χ4n) is 3.74. The van der Waals surface area contributed by atoms with Gasteiger partial charge in [-0.3, -0.25) is 9.69 Å². The van der Waals surface area contributed by atoms with Crippen LogP contribution in [0.1, 0.15) is 25.8 Å². The van der Waals surface area contributed by atoms with E-state index in [1.165, 1.54) is 28.1 Å². The number of carbonyl (C=O) groups excluding carboxylic acids is 1. The Bertz CT molecular complexity index is 977. The maximum absolute atomic E-state index is 13.4. The van der Waals surface area contributed by atoms with Gasteiger partial charge in [0.1, 0.15) is 5.82 Å². The molecule has 1 N–H and O–H groups in total. The van der Waals surface area contributed by atoms with E-state index in [2.05, 4.69) is 17.4 Å². The highest BCUT2D eigenvalue weighted by molar-refractivity contribution is 7.89. The lowest BCUT2D eigenvalue weighted by molar-refractivity contribution is -0.127. The SMILES string of the molecule is C[C@H](CCc1ccccc1)NC(=O)[C@H](C)N1CCN(S(=O)(=O)c2cccc(F)c2)CC1. The van der Waals surface area contributed by atoms with Crippen LogP contribution in [0.5, 0.6) is 0 Å². The van der Waals surface area contributed by atoms with E-state index >= 15 is 0 Å². The van der Waals surface area contributed by atoms with Crippen molar-refractivity contribution in [2.45, 2.75) is 43.7 Å². The minimum absolute atomic E-state index is 0.0426. The normalized spacial score (nSPS) is 17.8. The molecule has 6 nitrogen and oxygen atoms in total. The first-order valence-electron chi connectivity index (χ1n) is 10.6. The quantitative estimate of drug-likeness (QED) is 0.676. The lowest BCUT2D eigenvalue weighted by atomic mass is 10.1. The van der Waals surface area contributed by atoms with Gasteiger partial charge >= 0.3 is 0 Å². The zero-order chi connectivity index (χ0) is 22.4. The van der Waals surface area contributed by atoms with Gasteiger partial charge in [-0.05, 0) is 50.5 Å². The minimum atomic E-state index is -3.74. The van der Waals surface area contributed by atoms with E-state index in [1.54, 1.807) is 0 Å². The van der Waals surface area contributed by atoms with Crippen LogP contribution < -0.4 is 5.32 Å². The summed E-state index contributed by atoms with van der Waals surface area (Å²) in [5.41, 5.74) is 1.24. The van der Waals surface area contributed by atoms with Crippen molar-refractivity contribution in [3.05, 3.63) is 66.0 Å². The van der Waals surface area contributed by atoms with Gasteiger partial charge in [0.25, 0.3) is 0 Å². The molecule has 3 rings (SSSR count). The third kappa shape index (κ3) is 6.12. The average Bonchev–Trinajstić information content (AvgIpc) is 2.78. The molecule has 2 aromatic rings. The lowest BCUT2D eigenvalue weighted by Crippen LogP contribution is -2.55. The molecule has 1 amide bonds. The number of halogens is 1. The first-order chi connectivity index (χ1) is 14.8. The van der Waals surface area contributed by atoms with Crippen LogP contribution in [0.4, 0.5) is 4.39 Å². The van der Waals surface area contributed by atoms with Gasteiger partial charge in [-0.15, -0.1) is 0 Å². The lowest BCUT2D eigenvalue weighted by Gasteiger charge is -2.37. The van der Waals surface area contributed by atoms with Crippen LogP contribution in [0.2, 0.25) is 0 Å². The van der Waals surface area contributed by atoms with E-state index in [9.17, 15) is 17.6 Å². The second-order valence-electron chi connectivity index (χ2n) is 8.01. The molecule has 0 saturated carbocycles. The molecular weight excluding hydrogens is 417 g/mol. The van der Waals surface area contributed by atoms with Crippen molar-refractivity contribution >= 4 is 15.9 Å². The molecule has 1 fully saturated rings. The third-order valence-corrected chi connectivity index (χ3v) is 7.63. The van der Waals surface area contributed by atoms with E-state index in [4.69, 9.17) is 0 Å². The Kier molecular flexibility index (Phi) is 7.80. The van der Waals surface area contributed by atoms with Crippen LogP contribution in [-0.2, 0) is 21.2 Å². The van der Waals surface area contributed by atoms with Gasteiger partial charge in [-0.2, -0.15) is 4.31 Å². The van der Waals surface area contributed by atoms with E-state index in [-0.39, 0.29) is 36.0 Å². The molecular formula is C23H30FN3O3S. The molecule has 0 radical (unpaired) electrons. The number of hydrogen-bond donors (Lipinski definition) is 1. The molecule has 8 heteroatoms. The smallest absolute Gasteiger partial charge is 0.243 e. The summed E-state index contributed by atoms with van der Waals surface area (Å²) in [4.78, 5) is 14.6. The number of aryl methyl sites for hydroxylation is 1. The topological polar surface area (TPSA) is 69.7 Å². The number of nitrogens with zero attached hydrogens (tertiary/aromatic N) is 2. The summed E-state index contributed by atoms with van der Waals surface area (Å²) < 4.78 is 40.3. The second-order valence-corrected chi connectivity index (χ2v) is 9.95. The summed E-state index contributed by atoms with van der Waals surface area (Å²) in [6.07, 6.45) is 1.75. The number of sulfonamides is 1. The highest BCUT2D eigenvalue weighted by Gasteiger charge is 2.32. The van der Waals surface area contributed by atoms with Gasteiger partial charge in [0.05, 0.1) is 10.9 Å². The Morgan fingerprint density at radius 1 is 1.03 bits per heavy atom. The fraction of sp³-hybridized carbons (Fsp3) is 0.435. The molecule has 168 valence electrons. The zero-order valence-corrected chi connectivity index (χ0v) is 18.8. The first kappa shape index (κ1) is 23.4. The van der Waals surface area contributed by atoms with Gasteiger partial charge in [0.15, 0.2) is 0 Å². The number of amides is 1. The molecule has 1 aliphatic heterocycles. The van der Waals surface area contributed by atoms with Crippen LogP contribution >= 0.6 is 0 Å². The molecule has 0 aromatic heterocycles. The van der Waals surface area contributed by atoms with Crippen molar-refractivity contribution in [3.63, 3.8) is 0 Å². The summed E-state index contributed by atoms with van der Waals surface area (Å²) in [5.74, 6) is -0.631. The van der Waals surface area contributed by atoms with Gasteiger partial charge in [-0.1, -0.05) is 36.4 Å². The highest BCUT2D eigenvalue weighted by Crippen LogP contribution is 2.19. The van der Waals surface area contributed by atoms with E-state index in [0.717, 1.165) is 18.9 Å². The Balaban J connectivity index is 1.49. The standard InChI is InChI=1S/C23H30FN3O3S/c1-18(11-12-20-7-4-3-5-8-20)25-23(28)19(2)26-13-15-27(16-14-26)31(29,30)22-10-6-9-21(24)17-22/h3-10,17-19H,11-16H2,1-2H3,(H,25,28)/t18-,19+/m1/s1. The summed E-state index contributed by atoms with van der Waals surface area (Å²) in [6.45, 7) is 5.26. The number of rotatable bonds is 8. The molecule has 0 aliphatic carbocycles. The number of nitrogens with one attached hydrogen (secondary N) is 1. The molecule has 1 aliphatic rings. The summed E-state index contributed by atoms with van der Waals surface area (Å²) >= 11 is 0. The monoisotopic (exact) mass is 447 g/mol. The summed E-state index contributed by atoms with van der Waals surface area (Å²) in [5, 5.41) is 3.07. The Labute approximate surface area is 184 Å². The molecule has 2 atom stereocenters. The number of piperazine rings is 1. The largest absolute Gasteiger partial charge is 0.352 e. The minimum Gasteiger partial charge on any atom is -0.352 e. The van der Waals surface area contributed by atoms with Crippen molar-refractivity contribution in [1.29, 1.82) is 0 Å². The summed E-state index contributed by atoms with van der Waals surface area (Å²) in [6, 6.07) is 14.9. The van der Waals surface area contributed by atoms with E-state index < -0.39 is 15.8 Å². The molecule has 0 spiro atoms. The van der Waals surface area contributed by atoms with Crippen LogP contribution in [0, 0.1) is 5.82 Å². The number of carbonyl (C=O) groups is 1. The van der Waals surface area contributed by atoms with Crippen molar-refractivity contribution in [3.8, 4) is 0 Å². The zero-order valence-electron chi connectivity index (χ0n) is 18.0. The molecule has 1 heterocycles. The van der Waals surface area contributed by atoms with Crippen LogP contribution in [0.3, 0.4) is 0 Å². The van der Waals surface area contributed by atoms with Crippen molar-refractivity contribution in [2.75, 3.05) is 26.2 Å². The van der Waals surface area contributed by atoms with Crippen LogP contribution in [0.25, 0.3) is 0 Å². The van der Waals surface area contributed by atoms with E-state index in [0.29, 0.717) is 13.1 Å². The molecule has 2 aromatic carbocycles. The first-order valence-corrected chi connectivity index (χ1v) is 12.1. The average molecular weight is 448 g/mol. The Morgan fingerprint density at radius 3 is 2.35 bits per heavy atom. The van der Waals surface area contributed by atoms with Gasteiger partial charge in [0.2, 0.25) is 15.9 Å². The Morgan fingerprint density at radius 2 is 1.71 bits per heavy atom. The molecule has 31 heavy (non-hydrogen) atoms. The second kappa shape index (κ2) is 10.3. The van der Waals surface area contributed by atoms with E-state index in [1.807, 2.05) is 36.9 Å². The fourth-order valence-corrected chi connectivity index (χ4v) is 5.19. The maximum Gasteiger partial charge on any atom is 0.243 e. The third-order valence-electron chi connectivity index (χ3n) is 5.73. The van der Waals surface area contributed by atoms with Gasteiger partial charge in [-0.25, -0.2) is 12.8 Å². The Hall–Kier alpha value is -2.29. The van der Waals surface area contributed by atoms with Crippen molar-refractivity contribution < 1.29 is 17.6 Å². The highest BCUT2D eigenvalue weighted by atomic mass is 32.2. The van der Waals surface area contributed by atoms with Crippen LogP contribution in [-0.4, -0.2) is 61.8 Å². The predicted molar refractivity (Wildman–Crippen MR) is 119 cm³/mol. The molecule has 1 saturated heterocycles. The van der Waals surface area contributed by atoms with Crippen LogP contribution in [0.15, 0.2) is 59.5 Å². The van der Waals surface area contributed by atoms with Gasteiger partial charge < -0.3 is 5.32 Å². The number of benzene rings is 2. The van der Waals surface area contributed by atoms with Gasteiger partial charge in [0, 0.05) is 32.2 Å². The maximum atomic E-state index is 13.4. The summed E-state index contributed by atoms with van der Waals surface area (Å²) in [7, 11) is -3.74.